The summed E-state index contributed by atoms with van der Waals surface area (Å²) in [5, 5.41) is 4.61. The minimum Gasteiger partial charge on any atom is -0.303 e. The van der Waals surface area contributed by atoms with Gasteiger partial charge >= 0.3 is 0 Å². The van der Waals surface area contributed by atoms with E-state index in [4.69, 9.17) is 23.2 Å². The summed E-state index contributed by atoms with van der Waals surface area (Å²) in [5.74, 6) is 0. The van der Waals surface area contributed by atoms with E-state index in [-0.39, 0.29) is 0 Å². The minimum atomic E-state index is 0.332. The molecule has 1 aliphatic carbocycles. The zero-order chi connectivity index (χ0) is 14.8. The number of halogens is 2. The van der Waals surface area contributed by atoms with Crippen LogP contribution < -0.4 is 5.32 Å². The molecule has 2 unspecified atom stereocenters. The fourth-order valence-corrected chi connectivity index (χ4v) is 4.69. The molecule has 0 bridgehead atoms. The van der Waals surface area contributed by atoms with Gasteiger partial charge in [-0.1, -0.05) is 42.3 Å². The topological polar surface area (TPSA) is 12.0 Å². The van der Waals surface area contributed by atoms with Gasteiger partial charge in [0.05, 0.1) is 4.34 Å². The zero-order valence-corrected chi connectivity index (χ0v) is 14.4. The Hall–Kier alpha value is -0.540. The molecule has 4 heteroatoms. The highest BCUT2D eigenvalue weighted by Crippen LogP contribution is 2.39. The van der Waals surface area contributed by atoms with E-state index >= 15 is 0 Å². The standard InChI is InChI=1S/C17H19Cl2NS/c1-2-14(11-5-3-6-12(18)9-11)20-15-7-4-8-16-13(15)10-17(19)21-16/h3,5-6,9-10,14-15,20H,2,4,7-8H2,1H3. The maximum absolute atomic E-state index is 6.20. The molecule has 2 atom stereocenters. The summed E-state index contributed by atoms with van der Waals surface area (Å²) >= 11 is 14.1. The van der Waals surface area contributed by atoms with E-state index in [2.05, 4.69) is 30.4 Å². The van der Waals surface area contributed by atoms with Crippen LogP contribution in [0.2, 0.25) is 9.36 Å². The Bertz CT molecular complexity index is 623. The molecule has 1 aliphatic rings. The predicted molar refractivity (Wildman–Crippen MR) is 92.6 cm³/mol. The molecule has 1 N–H and O–H groups in total. The Morgan fingerprint density at radius 2 is 2.19 bits per heavy atom. The zero-order valence-electron chi connectivity index (χ0n) is 12.0. The average Bonchev–Trinajstić information content (AvgIpc) is 2.85. The van der Waals surface area contributed by atoms with Crippen LogP contribution in [0.5, 0.6) is 0 Å². The SMILES string of the molecule is CCC(NC1CCCc2sc(Cl)cc21)c1cccc(Cl)c1. The number of hydrogen-bond acceptors (Lipinski definition) is 2. The predicted octanol–water partition coefficient (Wildman–Crippen LogP) is 6.17. The van der Waals surface area contributed by atoms with Crippen molar-refractivity contribution >= 4 is 34.5 Å². The number of fused-ring (bicyclic) bond motifs is 1. The summed E-state index contributed by atoms with van der Waals surface area (Å²) in [7, 11) is 0. The van der Waals surface area contributed by atoms with E-state index in [0.717, 1.165) is 15.8 Å². The van der Waals surface area contributed by atoms with Crippen LogP contribution >= 0.6 is 34.5 Å². The highest BCUT2D eigenvalue weighted by Gasteiger charge is 2.25. The molecule has 1 nitrogen and oxygen atoms in total. The Morgan fingerprint density at radius 1 is 1.33 bits per heavy atom. The first-order chi connectivity index (χ1) is 10.2. The van der Waals surface area contributed by atoms with Crippen molar-refractivity contribution in [2.24, 2.45) is 0 Å². The van der Waals surface area contributed by atoms with Crippen LogP contribution in [0.4, 0.5) is 0 Å². The van der Waals surface area contributed by atoms with Crippen molar-refractivity contribution in [2.75, 3.05) is 0 Å². The molecule has 0 amide bonds. The second-order valence-corrected chi connectivity index (χ2v) is 7.76. The van der Waals surface area contributed by atoms with Crippen LogP contribution in [-0.4, -0.2) is 0 Å². The van der Waals surface area contributed by atoms with Gasteiger partial charge in [0.1, 0.15) is 0 Å². The third-order valence-electron chi connectivity index (χ3n) is 4.15. The van der Waals surface area contributed by atoms with Crippen molar-refractivity contribution in [3.8, 4) is 0 Å². The van der Waals surface area contributed by atoms with Crippen LogP contribution in [0.15, 0.2) is 30.3 Å². The maximum atomic E-state index is 6.20. The van der Waals surface area contributed by atoms with Gasteiger partial charge in [-0.3, -0.25) is 0 Å². The van der Waals surface area contributed by atoms with Crippen molar-refractivity contribution in [3.05, 3.63) is 55.7 Å². The lowest BCUT2D eigenvalue weighted by molar-refractivity contribution is 0.395. The van der Waals surface area contributed by atoms with Crippen LogP contribution in [0, 0.1) is 0 Å². The van der Waals surface area contributed by atoms with Crippen LogP contribution in [0.3, 0.4) is 0 Å². The monoisotopic (exact) mass is 339 g/mol. The molecular formula is C17H19Cl2NS. The number of thiophene rings is 1. The molecule has 3 rings (SSSR count). The first kappa shape index (κ1) is 15.4. The molecule has 1 heterocycles. The smallest absolute Gasteiger partial charge is 0.0934 e. The van der Waals surface area contributed by atoms with Crippen molar-refractivity contribution < 1.29 is 0 Å². The van der Waals surface area contributed by atoms with Crippen LogP contribution in [0.1, 0.15) is 54.3 Å². The molecule has 0 radical (unpaired) electrons. The first-order valence-electron chi connectivity index (χ1n) is 7.47. The van der Waals surface area contributed by atoms with Gasteiger partial charge in [0.2, 0.25) is 0 Å². The molecule has 1 aromatic carbocycles. The van der Waals surface area contributed by atoms with Gasteiger partial charge in [0, 0.05) is 22.0 Å². The molecule has 0 saturated heterocycles. The number of benzene rings is 1. The highest BCUT2D eigenvalue weighted by atomic mass is 35.5. The largest absolute Gasteiger partial charge is 0.303 e. The third-order valence-corrected chi connectivity index (χ3v) is 5.72. The van der Waals surface area contributed by atoms with E-state index in [1.54, 1.807) is 11.3 Å². The first-order valence-corrected chi connectivity index (χ1v) is 9.04. The highest BCUT2D eigenvalue weighted by molar-refractivity contribution is 7.16. The average molecular weight is 340 g/mol. The Balaban J connectivity index is 1.82. The molecule has 0 fully saturated rings. The Labute approximate surface area is 140 Å². The third kappa shape index (κ3) is 3.45. The summed E-state index contributed by atoms with van der Waals surface area (Å²) < 4.78 is 0.907. The molecule has 2 aromatic rings. The molecule has 112 valence electrons. The van der Waals surface area contributed by atoms with Gasteiger partial charge in [-0.15, -0.1) is 11.3 Å². The van der Waals surface area contributed by atoms with Gasteiger partial charge in [-0.25, -0.2) is 0 Å². The van der Waals surface area contributed by atoms with Gasteiger partial charge in [-0.2, -0.15) is 0 Å². The summed E-state index contributed by atoms with van der Waals surface area (Å²) in [5.41, 5.74) is 2.66. The fraction of sp³-hybridized carbons (Fsp3) is 0.412. The van der Waals surface area contributed by atoms with Gasteiger partial charge in [-0.05, 0) is 55.0 Å². The molecule has 1 aromatic heterocycles. The quantitative estimate of drug-likeness (QED) is 0.701. The van der Waals surface area contributed by atoms with Crippen molar-refractivity contribution in [3.63, 3.8) is 0 Å². The Morgan fingerprint density at radius 3 is 2.95 bits per heavy atom. The van der Waals surface area contributed by atoms with E-state index in [9.17, 15) is 0 Å². The molecule has 0 saturated carbocycles. The summed E-state index contributed by atoms with van der Waals surface area (Å²) in [6.07, 6.45) is 4.62. The number of hydrogen-bond donors (Lipinski definition) is 1. The van der Waals surface area contributed by atoms with E-state index in [1.165, 1.54) is 35.3 Å². The lowest BCUT2D eigenvalue weighted by Crippen LogP contribution is -2.28. The van der Waals surface area contributed by atoms with Crippen LogP contribution in [0.25, 0.3) is 0 Å². The van der Waals surface area contributed by atoms with Gasteiger partial charge in [0.25, 0.3) is 0 Å². The van der Waals surface area contributed by atoms with E-state index in [0.29, 0.717) is 12.1 Å². The van der Waals surface area contributed by atoms with Crippen molar-refractivity contribution in [2.45, 2.75) is 44.7 Å². The summed E-state index contributed by atoms with van der Waals surface area (Å²) in [6, 6.07) is 11.0. The molecule has 21 heavy (non-hydrogen) atoms. The summed E-state index contributed by atoms with van der Waals surface area (Å²) in [4.78, 5) is 1.45. The van der Waals surface area contributed by atoms with Crippen molar-refractivity contribution in [1.29, 1.82) is 0 Å². The minimum absolute atomic E-state index is 0.332. The fourth-order valence-electron chi connectivity index (χ4n) is 3.11. The lowest BCUT2D eigenvalue weighted by Gasteiger charge is -2.29. The molecular weight excluding hydrogens is 321 g/mol. The van der Waals surface area contributed by atoms with E-state index < -0.39 is 0 Å². The molecule has 0 aliphatic heterocycles. The second-order valence-electron chi connectivity index (χ2n) is 5.56. The number of rotatable bonds is 4. The summed E-state index contributed by atoms with van der Waals surface area (Å²) in [6.45, 7) is 2.21. The number of nitrogens with one attached hydrogen (secondary N) is 1. The number of aryl methyl sites for hydroxylation is 1. The van der Waals surface area contributed by atoms with Crippen molar-refractivity contribution in [1.82, 2.24) is 5.32 Å². The van der Waals surface area contributed by atoms with Gasteiger partial charge < -0.3 is 5.32 Å². The molecule has 0 spiro atoms. The van der Waals surface area contributed by atoms with Crippen LogP contribution in [-0.2, 0) is 6.42 Å². The Kier molecular flexibility index (Phi) is 4.90. The second kappa shape index (κ2) is 6.70. The lowest BCUT2D eigenvalue weighted by atomic mass is 9.92. The normalized spacial score (nSPS) is 19.3. The maximum Gasteiger partial charge on any atom is 0.0934 e. The van der Waals surface area contributed by atoms with Gasteiger partial charge in [0.15, 0.2) is 0 Å². The van der Waals surface area contributed by atoms with E-state index in [1.807, 2.05) is 12.1 Å².